The number of carbonyl (C=O) groups excluding carboxylic acids is 1. The standard InChI is InChI=1S/C21H23F3N2O2/c22-21(23,24)18-8-4-5-9-19(18)25-20(27)26-12-10-17(11-13-26)15-28-14-16-6-2-1-3-7-16/h1-9,17H,10-15H2,(H,25,27). The summed E-state index contributed by atoms with van der Waals surface area (Å²) in [5.74, 6) is 0.343. The lowest BCUT2D eigenvalue weighted by Crippen LogP contribution is -2.42. The zero-order valence-corrected chi connectivity index (χ0v) is 15.4. The van der Waals surface area contributed by atoms with Crippen LogP contribution in [0, 0.1) is 5.92 Å². The van der Waals surface area contributed by atoms with Crippen molar-refractivity contribution in [3.8, 4) is 0 Å². The Balaban J connectivity index is 1.45. The van der Waals surface area contributed by atoms with E-state index in [0.29, 0.717) is 32.2 Å². The molecular formula is C21H23F3N2O2. The molecule has 1 fully saturated rings. The van der Waals surface area contributed by atoms with E-state index >= 15 is 0 Å². The van der Waals surface area contributed by atoms with Crippen molar-refractivity contribution in [1.29, 1.82) is 0 Å². The van der Waals surface area contributed by atoms with E-state index in [1.165, 1.54) is 18.2 Å². The molecule has 1 aliphatic rings. The number of rotatable bonds is 5. The Morgan fingerprint density at radius 3 is 2.36 bits per heavy atom. The summed E-state index contributed by atoms with van der Waals surface area (Å²) in [6.45, 7) is 2.16. The van der Waals surface area contributed by atoms with Crippen LogP contribution in [0.5, 0.6) is 0 Å². The zero-order valence-electron chi connectivity index (χ0n) is 15.4. The second-order valence-corrected chi connectivity index (χ2v) is 6.90. The van der Waals surface area contributed by atoms with Crippen LogP contribution in [0.2, 0.25) is 0 Å². The topological polar surface area (TPSA) is 41.6 Å². The lowest BCUT2D eigenvalue weighted by atomic mass is 9.98. The second-order valence-electron chi connectivity index (χ2n) is 6.90. The SMILES string of the molecule is O=C(Nc1ccccc1C(F)(F)F)N1CCC(COCc2ccccc2)CC1. The van der Waals surface area contributed by atoms with E-state index in [1.807, 2.05) is 30.3 Å². The summed E-state index contributed by atoms with van der Waals surface area (Å²) in [5, 5.41) is 2.40. The highest BCUT2D eigenvalue weighted by atomic mass is 19.4. The Bertz CT molecular complexity index is 773. The summed E-state index contributed by atoms with van der Waals surface area (Å²) in [7, 11) is 0. The maximum Gasteiger partial charge on any atom is 0.418 e. The summed E-state index contributed by atoms with van der Waals surface area (Å²) in [6.07, 6.45) is -2.97. The Labute approximate surface area is 162 Å². The van der Waals surface area contributed by atoms with Gasteiger partial charge in [-0.15, -0.1) is 0 Å². The van der Waals surface area contributed by atoms with E-state index < -0.39 is 17.8 Å². The van der Waals surface area contributed by atoms with Crippen LogP contribution in [0.4, 0.5) is 23.7 Å². The quantitative estimate of drug-likeness (QED) is 0.763. The van der Waals surface area contributed by atoms with Crippen molar-refractivity contribution in [3.63, 3.8) is 0 Å². The summed E-state index contributed by atoms with van der Waals surface area (Å²) < 4.78 is 44.9. The van der Waals surface area contributed by atoms with Gasteiger partial charge in [-0.1, -0.05) is 42.5 Å². The van der Waals surface area contributed by atoms with Gasteiger partial charge in [-0.05, 0) is 36.5 Å². The van der Waals surface area contributed by atoms with Crippen LogP contribution in [0.3, 0.4) is 0 Å². The molecule has 28 heavy (non-hydrogen) atoms. The highest BCUT2D eigenvalue weighted by molar-refractivity contribution is 5.90. The molecule has 2 aromatic rings. The van der Waals surface area contributed by atoms with Gasteiger partial charge in [0.2, 0.25) is 0 Å². The molecule has 0 aromatic heterocycles. The largest absolute Gasteiger partial charge is 0.418 e. The molecule has 1 aliphatic heterocycles. The molecule has 0 aliphatic carbocycles. The van der Waals surface area contributed by atoms with E-state index in [9.17, 15) is 18.0 Å². The number of carbonyl (C=O) groups is 1. The lowest BCUT2D eigenvalue weighted by molar-refractivity contribution is -0.136. The van der Waals surface area contributed by atoms with Crippen LogP contribution in [0.15, 0.2) is 54.6 Å². The third-order valence-corrected chi connectivity index (χ3v) is 4.84. The molecule has 1 heterocycles. The first-order valence-corrected chi connectivity index (χ1v) is 9.27. The number of hydrogen-bond acceptors (Lipinski definition) is 2. The fraction of sp³-hybridized carbons (Fsp3) is 0.381. The van der Waals surface area contributed by atoms with Crippen molar-refractivity contribution >= 4 is 11.7 Å². The van der Waals surface area contributed by atoms with E-state index in [-0.39, 0.29) is 5.69 Å². The molecule has 150 valence electrons. The Morgan fingerprint density at radius 1 is 1.04 bits per heavy atom. The van der Waals surface area contributed by atoms with Crippen LogP contribution in [0.1, 0.15) is 24.0 Å². The maximum absolute atomic E-state index is 13.1. The predicted molar refractivity (Wildman–Crippen MR) is 101 cm³/mol. The van der Waals surface area contributed by atoms with Crippen molar-refractivity contribution in [3.05, 3.63) is 65.7 Å². The molecule has 1 saturated heterocycles. The van der Waals surface area contributed by atoms with Gasteiger partial charge in [0, 0.05) is 19.7 Å². The van der Waals surface area contributed by atoms with Gasteiger partial charge in [-0.3, -0.25) is 0 Å². The number of para-hydroxylation sites is 1. The average Bonchev–Trinajstić information content (AvgIpc) is 2.69. The van der Waals surface area contributed by atoms with Gasteiger partial charge in [0.1, 0.15) is 0 Å². The van der Waals surface area contributed by atoms with Crippen LogP contribution < -0.4 is 5.32 Å². The molecule has 1 N–H and O–H groups in total. The average molecular weight is 392 g/mol. The number of piperidine rings is 1. The number of urea groups is 1. The van der Waals surface area contributed by atoms with Gasteiger partial charge >= 0.3 is 12.2 Å². The predicted octanol–water partition coefficient (Wildman–Crippen LogP) is 5.17. The molecule has 2 aromatic carbocycles. The van der Waals surface area contributed by atoms with Gasteiger partial charge in [-0.25, -0.2) is 4.79 Å². The van der Waals surface area contributed by atoms with Crippen molar-refractivity contribution in [2.75, 3.05) is 25.0 Å². The number of nitrogens with one attached hydrogen (secondary N) is 1. The number of anilines is 1. The number of hydrogen-bond donors (Lipinski definition) is 1. The van der Waals surface area contributed by atoms with Gasteiger partial charge < -0.3 is 15.0 Å². The summed E-state index contributed by atoms with van der Waals surface area (Å²) >= 11 is 0. The molecule has 4 nitrogen and oxygen atoms in total. The monoisotopic (exact) mass is 392 g/mol. The Hall–Kier alpha value is -2.54. The number of benzene rings is 2. The number of amides is 2. The normalized spacial score (nSPS) is 15.5. The third kappa shape index (κ3) is 5.48. The minimum atomic E-state index is -4.51. The number of nitrogens with zero attached hydrogens (tertiary/aromatic N) is 1. The number of alkyl halides is 3. The van der Waals surface area contributed by atoms with E-state index in [1.54, 1.807) is 4.90 Å². The molecule has 7 heteroatoms. The highest BCUT2D eigenvalue weighted by Gasteiger charge is 2.34. The van der Waals surface area contributed by atoms with Crippen molar-refractivity contribution in [1.82, 2.24) is 4.90 Å². The molecule has 0 atom stereocenters. The molecule has 0 unspecified atom stereocenters. The van der Waals surface area contributed by atoms with Crippen molar-refractivity contribution in [2.24, 2.45) is 5.92 Å². The molecular weight excluding hydrogens is 369 g/mol. The fourth-order valence-electron chi connectivity index (χ4n) is 3.25. The van der Waals surface area contributed by atoms with Gasteiger partial charge in [0.25, 0.3) is 0 Å². The van der Waals surface area contributed by atoms with E-state index in [4.69, 9.17) is 4.74 Å². The van der Waals surface area contributed by atoms with Crippen LogP contribution >= 0.6 is 0 Å². The van der Waals surface area contributed by atoms with Crippen molar-refractivity contribution < 1.29 is 22.7 Å². The minimum absolute atomic E-state index is 0.215. The van der Waals surface area contributed by atoms with Crippen molar-refractivity contribution in [2.45, 2.75) is 25.6 Å². The third-order valence-electron chi connectivity index (χ3n) is 4.84. The molecule has 0 bridgehead atoms. The molecule has 3 rings (SSSR count). The summed E-state index contributed by atoms with van der Waals surface area (Å²) in [4.78, 5) is 13.9. The van der Waals surface area contributed by atoms with Crippen LogP contribution in [-0.2, 0) is 17.5 Å². The Morgan fingerprint density at radius 2 is 1.68 bits per heavy atom. The van der Waals surface area contributed by atoms with Gasteiger partial charge in [0.05, 0.1) is 17.9 Å². The van der Waals surface area contributed by atoms with E-state index in [0.717, 1.165) is 24.5 Å². The Kier molecular flexibility index (Phi) is 6.57. The lowest BCUT2D eigenvalue weighted by Gasteiger charge is -2.32. The number of halogens is 3. The van der Waals surface area contributed by atoms with Gasteiger partial charge in [-0.2, -0.15) is 13.2 Å². The maximum atomic E-state index is 13.1. The number of likely N-dealkylation sites (tertiary alicyclic amines) is 1. The molecule has 0 saturated carbocycles. The van der Waals surface area contributed by atoms with Gasteiger partial charge in [0.15, 0.2) is 0 Å². The highest BCUT2D eigenvalue weighted by Crippen LogP contribution is 2.34. The smallest absolute Gasteiger partial charge is 0.376 e. The summed E-state index contributed by atoms with van der Waals surface area (Å²) in [6, 6.07) is 14.4. The first-order valence-electron chi connectivity index (χ1n) is 9.27. The molecule has 0 radical (unpaired) electrons. The first-order chi connectivity index (χ1) is 13.4. The minimum Gasteiger partial charge on any atom is -0.376 e. The van der Waals surface area contributed by atoms with Crippen LogP contribution in [0.25, 0.3) is 0 Å². The number of ether oxygens (including phenoxy) is 1. The fourth-order valence-corrected chi connectivity index (χ4v) is 3.25. The van der Waals surface area contributed by atoms with Crippen LogP contribution in [-0.4, -0.2) is 30.6 Å². The molecule has 0 spiro atoms. The second kappa shape index (κ2) is 9.10. The molecule has 2 amide bonds. The summed E-state index contributed by atoms with van der Waals surface area (Å²) in [5.41, 5.74) is 0.0588. The zero-order chi connectivity index (χ0) is 20.0. The van der Waals surface area contributed by atoms with E-state index in [2.05, 4.69) is 5.32 Å². The first kappa shape index (κ1) is 20.2.